The largest absolute Gasteiger partial charge is 0.365 e. The van der Waals surface area contributed by atoms with Gasteiger partial charge in [-0.3, -0.25) is 0 Å². The van der Waals surface area contributed by atoms with E-state index < -0.39 is 0 Å². The van der Waals surface area contributed by atoms with Crippen molar-refractivity contribution >= 4 is 28.4 Å². The van der Waals surface area contributed by atoms with Gasteiger partial charge in [-0.2, -0.15) is 0 Å². The molecule has 2 rings (SSSR count). The first kappa shape index (κ1) is 13.3. The van der Waals surface area contributed by atoms with Gasteiger partial charge < -0.3 is 5.32 Å². The van der Waals surface area contributed by atoms with Gasteiger partial charge in [0.05, 0.1) is 3.57 Å². The van der Waals surface area contributed by atoms with Crippen LogP contribution in [-0.4, -0.2) is 9.97 Å². The maximum atomic E-state index is 4.21. The van der Waals surface area contributed by atoms with E-state index in [0.29, 0.717) is 5.92 Å². The molecule has 1 aromatic heterocycles. The molecule has 4 heteroatoms. The minimum Gasteiger partial charge on any atom is -0.365 e. The van der Waals surface area contributed by atoms with E-state index in [-0.39, 0.29) is 0 Å². The average Bonchev–Trinajstić information content (AvgIpc) is 2.38. The molecule has 0 aliphatic rings. The van der Waals surface area contributed by atoms with Gasteiger partial charge in [-0.15, -0.1) is 0 Å². The molecular weight excluding hydrogens is 337 g/mol. The molecular formula is C14H16IN3. The highest BCUT2D eigenvalue weighted by molar-refractivity contribution is 14.1. The number of rotatable bonds is 4. The number of nitrogens with one attached hydrogen (secondary N) is 1. The lowest BCUT2D eigenvalue weighted by Crippen LogP contribution is -2.03. The highest BCUT2D eigenvalue weighted by atomic mass is 127. The second kappa shape index (κ2) is 6.13. The fraction of sp³-hybridized carbons (Fsp3) is 0.286. The lowest BCUT2D eigenvalue weighted by atomic mass is 10.0. The van der Waals surface area contributed by atoms with Crippen LogP contribution in [-0.2, 0) is 6.54 Å². The summed E-state index contributed by atoms with van der Waals surface area (Å²) in [6.07, 6.45) is 3.37. The number of halogens is 1. The molecule has 1 aromatic carbocycles. The van der Waals surface area contributed by atoms with Crippen LogP contribution in [0.3, 0.4) is 0 Å². The molecule has 1 heterocycles. The van der Waals surface area contributed by atoms with Gasteiger partial charge >= 0.3 is 0 Å². The van der Waals surface area contributed by atoms with Crippen LogP contribution < -0.4 is 5.32 Å². The molecule has 1 N–H and O–H groups in total. The van der Waals surface area contributed by atoms with E-state index in [4.69, 9.17) is 0 Å². The SMILES string of the molecule is CC(C)c1ccc(CNc2ncncc2I)cc1. The van der Waals surface area contributed by atoms with Crippen molar-refractivity contribution in [2.75, 3.05) is 5.32 Å². The van der Waals surface area contributed by atoms with Crippen LogP contribution in [0.1, 0.15) is 30.9 Å². The highest BCUT2D eigenvalue weighted by Crippen LogP contribution is 2.16. The fourth-order valence-corrected chi connectivity index (χ4v) is 2.14. The van der Waals surface area contributed by atoms with Gasteiger partial charge in [0.25, 0.3) is 0 Å². The summed E-state index contributed by atoms with van der Waals surface area (Å²) in [5, 5.41) is 3.32. The third kappa shape index (κ3) is 3.41. The second-order valence-electron chi connectivity index (χ2n) is 4.47. The van der Waals surface area contributed by atoms with Gasteiger partial charge in [0.2, 0.25) is 0 Å². The van der Waals surface area contributed by atoms with Crippen molar-refractivity contribution < 1.29 is 0 Å². The van der Waals surface area contributed by atoms with Crippen LogP contribution in [0.15, 0.2) is 36.8 Å². The summed E-state index contributed by atoms with van der Waals surface area (Å²) in [5.41, 5.74) is 2.63. The van der Waals surface area contributed by atoms with Crippen LogP contribution in [0, 0.1) is 3.57 Å². The summed E-state index contributed by atoms with van der Waals surface area (Å²) >= 11 is 2.23. The molecule has 0 spiro atoms. The lowest BCUT2D eigenvalue weighted by molar-refractivity contribution is 0.865. The summed E-state index contributed by atoms with van der Waals surface area (Å²) in [4.78, 5) is 8.18. The smallest absolute Gasteiger partial charge is 0.143 e. The van der Waals surface area contributed by atoms with Crippen molar-refractivity contribution in [3.8, 4) is 0 Å². The Bertz CT molecular complexity index is 509. The Morgan fingerprint density at radius 2 is 1.94 bits per heavy atom. The summed E-state index contributed by atoms with van der Waals surface area (Å²) in [6.45, 7) is 5.19. The zero-order valence-electron chi connectivity index (χ0n) is 10.5. The molecule has 0 saturated heterocycles. The average molecular weight is 353 g/mol. The molecule has 2 aromatic rings. The quantitative estimate of drug-likeness (QED) is 0.850. The van der Waals surface area contributed by atoms with Crippen molar-refractivity contribution in [1.82, 2.24) is 9.97 Å². The van der Waals surface area contributed by atoms with Gasteiger partial charge in [-0.05, 0) is 39.6 Å². The predicted octanol–water partition coefficient (Wildman–Crippen LogP) is 3.82. The van der Waals surface area contributed by atoms with Crippen LogP contribution in [0.2, 0.25) is 0 Å². The Hall–Kier alpha value is -1.17. The highest BCUT2D eigenvalue weighted by Gasteiger charge is 2.01. The second-order valence-corrected chi connectivity index (χ2v) is 5.63. The Balaban J connectivity index is 2.00. The van der Waals surface area contributed by atoms with E-state index in [1.165, 1.54) is 11.1 Å². The number of anilines is 1. The number of hydrogen-bond donors (Lipinski definition) is 1. The maximum Gasteiger partial charge on any atom is 0.143 e. The van der Waals surface area contributed by atoms with E-state index in [9.17, 15) is 0 Å². The molecule has 0 unspecified atom stereocenters. The zero-order chi connectivity index (χ0) is 13.0. The minimum atomic E-state index is 0.579. The lowest BCUT2D eigenvalue weighted by Gasteiger charge is -2.09. The van der Waals surface area contributed by atoms with Crippen molar-refractivity contribution in [3.63, 3.8) is 0 Å². The third-order valence-electron chi connectivity index (χ3n) is 2.77. The van der Waals surface area contributed by atoms with E-state index in [0.717, 1.165) is 15.9 Å². The molecule has 0 radical (unpaired) electrons. The number of nitrogens with zero attached hydrogens (tertiary/aromatic N) is 2. The molecule has 3 nitrogen and oxygen atoms in total. The molecule has 0 aliphatic heterocycles. The van der Waals surface area contributed by atoms with Crippen molar-refractivity contribution in [3.05, 3.63) is 51.5 Å². The van der Waals surface area contributed by atoms with E-state index >= 15 is 0 Å². The third-order valence-corrected chi connectivity index (χ3v) is 3.56. The predicted molar refractivity (Wildman–Crippen MR) is 82.6 cm³/mol. The number of aromatic nitrogens is 2. The molecule has 0 bridgehead atoms. The van der Waals surface area contributed by atoms with E-state index in [2.05, 4.69) is 76.0 Å². The van der Waals surface area contributed by atoms with Gasteiger partial charge in [0.1, 0.15) is 12.1 Å². The van der Waals surface area contributed by atoms with E-state index in [1.807, 2.05) is 0 Å². The number of benzene rings is 1. The monoisotopic (exact) mass is 353 g/mol. The van der Waals surface area contributed by atoms with Crippen molar-refractivity contribution in [1.29, 1.82) is 0 Å². The molecule has 18 heavy (non-hydrogen) atoms. The Labute approximate surface area is 121 Å². The Morgan fingerprint density at radius 3 is 2.56 bits per heavy atom. The van der Waals surface area contributed by atoms with Gasteiger partial charge in [0.15, 0.2) is 0 Å². The summed E-state index contributed by atoms with van der Waals surface area (Å²) in [5.74, 6) is 1.47. The zero-order valence-corrected chi connectivity index (χ0v) is 12.7. The molecule has 0 atom stereocenters. The standard InChI is InChI=1S/C14H16IN3/c1-10(2)12-5-3-11(4-6-12)7-17-14-13(15)8-16-9-18-14/h3-6,8-10H,7H2,1-2H3,(H,16,17,18). The summed E-state index contributed by atoms with van der Waals surface area (Å²) in [6, 6.07) is 8.70. The minimum absolute atomic E-state index is 0.579. The van der Waals surface area contributed by atoms with Gasteiger partial charge in [-0.25, -0.2) is 9.97 Å². The van der Waals surface area contributed by atoms with Crippen LogP contribution in [0.25, 0.3) is 0 Å². The van der Waals surface area contributed by atoms with Crippen molar-refractivity contribution in [2.24, 2.45) is 0 Å². The first-order valence-electron chi connectivity index (χ1n) is 5.95. The molecule has 0 fully saturated rings. The van der Waals surface area contributed by atoms with Gasteiger partial charge in [-0.1, -0.05) is 38.1 Å². The molecule has 0 aliphatic carbocycles. The molecule has 94 valence electrons. The first-order chi connectivity index (χ1) is 8.66. The van der Waals surface area contributed by atoms with Crippen LogP contribution in [0.5, 0.6) is 0 Å². The van der Waals surface area contributed by atoms with Gasteiger partial charge in [0, 0.05) is 12.7 Å². The maximum absolute atomic E-state index is 4.21. The normalized spacial score (nSPS) is 10.7. The van der Waals surface area contributed by atoms with Crippen LogP contribution in [0.4, 0.5) is 5.82 Å². The Kier molecular flexibility index (Phi) is 4.52. The van der Waals surface area contributed by atoms with Crippen LogP contribution >= 0.6 is 22.6 Å². The molecule has 0 amide bonds. The summed E-state index contributed by atoms with van der Waals surface area (Å²) in [7, 11) is 0. The first-order valence-corrected chi connectivity index (χ1v) is 7.03. The fourth-order valence-electron chi connectivity index (χ4n) is 1.65. The van der Waals surface area contributed by atoms with Crippen molar-refractivity contribution in [2.45, 2.75) is 26.3 Å². The Morgan fingerprint density at radius 1 is 1.22 bits per heavy atom. The topological polar surface area (TPSA) is 37.8 Å². The van der Waals surface area contributed by atoms with E-state index in [1.54, 1.807) is 12.5 Å². The summed E-state index contributed by atoms with van der Waals surface area (Å²) < 4.78 is 1.04. The number of hydrogen-bond acceptors (Lipinski definition) is 3. The molecule has 0 saturated carbocycles.